The van der Waals surface area contributed by atoms with E-state index in [1.807, 2.05) is 20.8 Å². The summed E-state index contributed by atoms with van der Waals surface area (Å²) < 4.78 is 5.45. The van der Waals surface area contributed by atoms with Crippen LogP contribution >= 0.6 is 0 Å². The molecule has 1 saturated heterocycles. The van der Waals surface area contributed by atoms with Gasteiger partial charge < -0.3 is 4.74 Å². The Morgan fingerprint density at radius 2 is 2.05 bits per heavy atom. The first-order chi connectivity index (χ1) is 8.92. The summed E-state index contributed by atoms with van der Waals surface area (Å²) in [7, 11) is 0. The zero-order valence-corrected chi connectivity index (χ0v) is 11.9. The summed E-state index contributed by atoms with van der Waals surface area (Å²) in [4.78, 5) is 16.9. The second-order valence-electron chi connectivity index (χ2n) is 6.42. The minimum atomic E-state index is -0.523. The quantitative estimate of drug-likeness (QED) is 0.411. The van der Waals surface area contributed by atoms with Gasteiger partial charge in [-0.15, -0.1) is 0 Å². The van der Waals surface area contributed by atoms with Gasteiger partial charge in [0.2, 0.25) is 0 Å². The summed E-state index contributed by atoms with van der Waals surface area (Å²) in [5.74, 6) is 0.455. The van der Waals surface area contributed by atoms with E-state index in [0.717, 1.165) is 25.7 Å². The molecule has 0 bridgehead atoms. The Labute approximate surface area is 113 Å². The average Bonchev–Trinajstić information content (AvgIpc) is 2.65. The molecule has 1 aliphatic heterocycles. The number of hydrogen-bond acceptors (Lipinski definition) is 3. The van der Waals surface area contributed by atoms with Gasteiger partial charge in [-0.05, 0) is 51.5 Å². The van der Waals surface area contributed by atoms with Gasteiger partial charge >= 0.3 is 6.09 Å². The molecule has 0 radical (unpaired) electrons. The molecule has 2 fully saturated rings. The minimum Gasteiger partial charge on any atom is -0.444 e. The van der Waals surface area contributed by atoms with Crippen molar-refractivity contribution in [2.45, 2.75) is 70.7 Å². The van der Waals surface area contributed by atoms with Crippen molar-refractivity contribution in [3.63, 3.8) is 0 Å². The van der Waals surface area contributed by atoms with Crippen LogP contribution in [0.15, 0.2) is 5.11 Å². The molecule has 106 valence electrons. The maximum absolute atomic E-state index is 12.3. The summed E-state index contributed by atoms with van der Waals surface area (Å²) in [5, 5.41) is 3.79. The van der Waals surface area contributed by atoms with E-state index in [1.165, 1.54) is 6.42 Å². The number of azide groups is 1. The molecule has 0 aromatic carbocycles. The SMILES string of the molecule is CC(C)(C)OC(=O)N1[C@@H]2CCCC[C@@H]2C[C@H]1N=[N+]=[N-]. The van der Waals surface area contributed by atoms with Crippen LogP contribution in [0.5, 0.6) is 0 Å². The Morgan fingerprint density at radius 1 is 1.37 bits per heavy atom. The third-order valence-corrected chi connectivity index (χ3v) is 3.85. The van der Waals surface area contributed by atoms with E-state index in [-0.39, 0.29) is 18.3 Å². The molecule has 1 saturated carbocycles. The first kappa shape index (κ1) is 14.0. The lowest BCUT2D eigenvalue weighted by Gasteiger charge is -2.34. The van der Waals surface area contributed by atoms with Gasteiger partial charge in [-0.1, -0.05) is 18.0 Å². The minimum absolute atomic E-state index is 0.180. The zero-order valence-electron chi connectivity index (χ0n) is 11.9. The zero-order chi connectivity index (χ0) is 14.0. The molecule has 1 heterocycles. The van der Waals surface area contributed by atoms with Gasteiger partial charge in [0.05, 0.1) is 0 Å². The van der Waals surface area contributed by atoms with Crippen LogP contribution in [0.1, 0.15) is 52.9 Å². The van der Waals surface area contributed by atoms with Crippen molar-refractivity contribution in [2.24, 2.45) is 11.0 Å². The van der Waals surface area contributed by atoms with Gasteiger partial charge in [-0.3, -0.25) is 4.90 Å². The van der Waals surface area contributed by atoms with Gasteiger partial charge in [-0.25, -0.2) is 4.79 Å². The summed E-state index contributed by atoms with van der Waals surface area (Å²) in [6.07, 6.45) is 4.47. The van der Waals surface area contributed by atoms with Crippen molar-refractivity contribution in [3.8, 4) is 0 Å². The van der Waals surface area contributed by atoms with E-state index in [1.54, 1.807) is 4.90 Å². The maximum atomic E-state index is 12.3. The summed E-state index contributed by atoms with van der Waals surface area (Å²) >= 11 is 0. The molecular weight excluding hydrogens is 244 g/mol. The second kappa shape index (κ2) is 5.29. The maximum Gasteiger partial charge on any atom is 0.410 e. The monoisotopic (exact) mass is 266 g/mol. The fourth-order valence-corrected chi connectivity index (χ4v) is 3.17. The summed E-state index contributed by atoms with van der Waals surface area (Å²) in [6, 6.07) is 0.180. The molecule has 0 aromatic rings. The Bertz CT molecular complexity index is 398. The average molecular weight is 266 g/mol. The van der Waals surface area contributed by atoms with Crippen LogP contribution in [0.25, 0.3) is 10.4 Å². The van der Waals surface area contributed by atoms with E-state index in [4.69, 9.17) is 10.3 Å². The Hall–Kier alpha value is -1.42. The highest BCUT2D eigenvalue weighted by Gasteiger charge is 2.45. The topological polar surface area (TPSA) is 78.3 Å². The van der Waals surface area contributed by atoms with Crippen LogP contribution in [0.2, 0.25) is 0 Å². The standard InChI is InChI=1S/C13H22N4O2/c1-13(2,3)19-12(18)17-10-7-5-4-6-9(10)8-11(17)15-16-14/h9-11H,4-8H2,1-3H3/t9-,10-,11+/m1/s1. The number of nitrogens with zero attached hydrogens (tertiary/aromatic N) is 4. The molecule has 1 amide bonds. The van der Waals surface area contributed by atoms with Crippen molar-refractivity contribution < 1.29 is 9.53 Å². The normalized spacial score (nSPS) is 30.5. The smallest absolute Gasteiger partial charge is 0.410 e. The first-order valence-electron chi connectivity index (χ1n) is 6.98. The number of likely N-dealkylation sites (tertiary alicyclic amines) is 1. The van der Waals surface area contributed by atoms with E-state index in [0.29, 0.717) is 5.92 Å². The Kier molecular flexibility index (Phi) is 3.90. The lowest BCUT2D eigenvalue weighted by molar-refractivity contribution is 0.0109. The first-order valence-corrected chi connectivity index (χ1v) is 6.98. The van der Waals surface area contributed by atoms with Crippen LogP contribution < -0.4 is 0 Å². The largest absolute Gasteiger partial charge is 0.444 e. The molecule has 1 aliphatic carbocycles. The molecule has 0 spiro atoms. The van der Waals surface area contributed by atoms with Crippen LogP contribution in [-0.4, -0.2) is 28.8 Å². The van der Waals surface area contributed by atoms with Gasteiger partial charge in [0.15, 0.2) is 0 Å². The summed E-state index contributed by atoms with van der Waals surface area (Å²) in [6.45, 7) is 5.55. The Morgan fingerprint density at radius 3 is 2.68 bits per heavy atom. The number of carbonyl (C=O) groups is 1. The van der Waals surface area contributed by atoms with Crippen molar-refractivity contribution in [3.05, 3.63) is 10.4 Å². The number of hydrogen-bond donors (Lipinski definition) is 0. The van der Waals surface area contributed by atoms with Crippen LogP contribution in [0.4, 0.5) is 4.79 Å². The van der Waals surface area contributed by atoms with Gasteiger partial charge in [0, 0.05) is 11.0 Å². The fourth-order valence-electron chi connectivity index (χ4n) is 3.17. The van der Waals surface area contributed by atoms with E-state index < -0.39 is 5.60 Å². The predicted molar refractivity (Wildman–Crippen MR) is 71.4 cm³/mol. The molecule has 2 aliphatic rings. The summed E-state index contributed by atoms with van der Waals surface area (Å²) in [5.41, 5.74) is 8.15. The number of fused-ring (bicyclic) bond motifs is 1. The predicted octanol–water partition coefficient (Wildman–Crippen LogP) is 3.82. The fraction of sp³-hybridized carbons (Fsp3) is 0.923. The van der Waals surface area contributed by atoms with Crippen LogP contribution in [-0.2, 0) is 4.74 Å². The number of amides is 1. The molecule has 0 aromatic heterocycles. The van der Waals surface area contributed by atoms with Crippen LogP contribution in [0, 0.1) is 5.92 Å². The lowest BCUT2D eigenvalue weighted by atomic mass is 9.85. The molecule has 6 heteroatoms. The van der Waals surface area contributed by atoms with Gasteiger partial charge in [0.1, 0.15) is 11.8 Å². The number of ether oxygens (including phenoxy) is 1. The molecule has 0 unspecified atom stereocenters. The molecular formula is C13H22N4O2. The van der Waals surface area contributed by atoms with Crippen molar-refractivity contribution >= 4 is 6.09 Å². The van der Waals surface area contributed by atoms with E-state index in [2.05, 4.69) is 10.0 Å². The van der Waals surface area contributed by atoms with E-state index in [9.17, 15) is 4.79 Å². The lowest BCUT2D eigenvalue weighted by Crippen LogP contribution is -2.45. The van der Waals surface area contributed by atoms with Crippen molar-refractivity contribution in [1.29, 1.82) is 0 Å². The highest BCUT2D eigenvalue weighted by atomic mass is 16.6. The molecule has 3 atom stereocenters. The third-order valence-electron chi connectivity index (χ3n) is 3.85. The van der Waals surface area contributed by atoms with Gasteiger partial charge in [-0.2, -0.15) is 0 Å². The van der Waals surface area contributed by atoms with E-state index >= 15 is 0 Å². The molecule has 0 N–H and O–H groups in total. The highest BCUT2D eigenvalue weighted by molar-refractivity contribution is 5.69. The highest BCUT2D eigenvalue weighted by Crippen LogP contribution is 2.40. The molecule has 6 nitrogen and oxygen atoms in total. The van der Waals surface area contributed by atoms with Crippen molar-refractivity contribution in [1.82, 2.24) is 4.90 Å². The number of rotatable bonds is 1. The van der Waals surface area contributed by atoms with Crippen LogP contribution in [0.3, 0.4) is 0 Å². The molecule has 2 rings (SSSR count). The van der Waals surface area contributed by atoms with Crippen molar-refractivity contribution in [2.75, 3.05) is 0 Å². The Balaban J connectivity index is 2.17. The third kappa shape index (κ3) is 3.13. The van der Waals surface area contributed by atoms with Gasteiger partial charge in [0.25, 0.3) is 0 Å². The number of carbonyl (C=O) groups excluding carboxylic acids is 1. The molecule has 19 heavy (non-hydrogen) atoms. The second-order valence-corrected chi connectivity index (χ2v) is 6.42.